The van der Waals surface area contributed by atoms with Gasteiger partial charge in [0.2, 0.25) is 0 Å². The number of benzene rings is 4. The van der Waals surface area contributed by atoms with Crippen molar-refractivity contribution in [3.05, 3.63) is 83.7 Å². The first-order chi connectivity index (χ1) is 16.8. The van der Waals surface area contributed by atoms with Crippen LogP contribution in [0.2, 0.25) is 0 Å². The minimum absolute atomic E-state index is 0.0589. The molecule has 0 saturated carbocycles. The number of nitrogens with two attached hydrogens (primary N) is 1. The van der Waals surface area contributed by atoms with E-state index in [1.165, 1.54) is 32.4 Å². The normalized spacial score (nSPS) is 10.7. The van der Waals surface area contributed by atoms with Crippen molar-refractivity contribution in [2.75, 3.05) is 20.0 Å². The molecule has 0 amide bonds. The van der Waals surface area contributed by atoms with Crippen LogP contribution in [0.3, 0.4) is 0 Å². The van der Waals surface area contributed by atoms with Gasteiger partial charge in [-0.3, -0.25) is 0 Å². The quantitative estimate of drug-likeness (QED) is 0.281. The molecule has 0 aliphatic rings. The molecular formula is C28H26FNO5. The zero-order chi connectivity index (χ0) is 25.1. The van der Waals surface area contributed by atoms with Crippen molar-refractivity contribution in [3.63, 3.8) is 0 Å². The van der Waals surface area contributed by atoms with Crippen molar-refractivity contribution in [3.8, 4) is 51.0 Å². The zero-order valence-electron chi connectivity index (χ0n) is 19.6. The number of phenolic OH excluding ortho intramolecular Hbond substituents is 2. The second-order valence-electron chi connectivity index (χ2n) is 8.08. The fraction of sp³-hybridized carbons (Fsp3) is 0.143. The second kappa shape index (κ2) is 9.85. The molecule has 0 radical (unpaired) electrons. The third kappa shape index (κ3) is 4.80. The Morgan fingerprint density at radius 1 is 0.829 bits per heavy atom. The van der Waals surface area contributed by atoms with Gasteiger partial charge in [-0.1, -0.05) is 35.9 Å². The fourth-order valence-electron chi connectivity index (χ4n) is 3.86. The highest BCUT2D eigenvalue weighted by Crippen LogP contribution is 2.50. The van der Waals surface area contributed by atoms with Crippen LogP contribution in [0.5, 0.6) is 28.7 Å². The lowest BCUT2D eigenvalue weighted by Crippen LogP contribution is -1.98. The number of aryl methyl sites for hydroxylation is 1. The van der Waals surface area contributed by atoms with E-state index in [2.05, 4.69) is 0 Å². The van der Waals surface area contributed by atoms with E-state index in [-0.39, 0.29) is 46.4 Å². The van der Waals surface area contributed by atoms with E-state index in [1.807, 2.05) is 31.2 Å². The monoisotopic (exact) mass is 475 g/mol. The highest BCUT2D eigenvalue weighted by molar-refractivity contribution is 5.88. The van der Waals surface area contributed by atoms with Crippen LogP contribution in [0, 0.1) is 12.7 Å². The second-order valence-corrected chi connectivity index (χ2v) is 8.08. The van der Waals surface area contributed by atoms with E-state index in [1.54, 1.807) is 24.3 Å². The summed E-state index contributed by atoms with van der Waals surface area (Å²) in [5, 5.41) is 21.7. The molecule has 0 unspecified atom stereocenters. The SMILES string of the molecule is COc1cc(-c2ccc(N)cc2F)c(OC)c(O)c1-c1ccc(OCc2ccc(C)cc2)c(O)c1. The van der Waals surface area contributed by atoms with E-state index in [9.17, 15) is 14.6 Å². The predicted molar refractivity (Wildman–Crippen MR) is 134 cm³/mol. The number of aromatic hydroxyl groups is 2. The average Bonchev–Trinajstić information content (AvgIpc) is 2.84. The maximum atomic E-state index is 14.7. The van der Waals surface area contributed by atoms with Gasteiger partial charge in [-0.05, 0) is 54.4 Å². The van der Waals surface area contributed by atoms with E-state index < -0.39 is 5.82 Å². The van der Waals surface area contributed by atoms with Crippen molar-refractivity contribution in [2.45, 2.75) is 13.5 Å². The minimum atomic E-state index is -0.565. The van der Waals surface area contributed by atoms with Crippen LogP contribution in [-0.2, 0) is 6.61 Å². The van der Waals surface area contributed by atoms with Gasteiger partial charge in [0.15, 0.2) is 23.0 Å². The molecule has 35 heavy (non-hydrogen) atoms. The molecule has 180 valence electrons. The first kappa shape index (κ1) is 23.8. The Kier molecular flexibility index (Phi) is 6.68. The van der Waals surface area contributed by atoms with Gasteiger partial charge in [0, 0.05) is 16.8 Å². The van der Waals surface area contributed by atoms with Gasteiger partial charge < -0.3 is 30.2 Å². The molecule has 0 heterocycles. The van der Waals surface area contributed by atoms with E-state index >= 15 is 0 Å². The summed E-state index contributed by atoms with van der Waals surface area (Å²) < 4.78 is 31.4. The molecular weight excluding hydrogens is 449 g/mol. The lowest BCUT2D eigenvalue weighted by Gasteiger charge is -2.19. The molecule has 4 rings (SSSR count). The van der Waals surface area contributed by atoms with Crippen molar-refractivity contribution in [1.29, 1.82) is 0 Å². The molecule has 4 aromatic carbocycles. The standard InChI is InChI=1S/C28H26FNO5/c1-16-4-6-17(7-5-16)15-35-24-11-8-18(12-23(24)31)26-25(33-2)14-21(28(34-3)27(26)32)20-10-9-19(30)13-22(20)29/h4-14,31-32H,15,30H2,1-3H3. The lowest BCUT2D eigenvalue weighted by atomic mass is 9.96. The number of nitrogen functional groups attached to an aromatic ring is 1. The molecule has 0 aromatic heterocycles. The Bertz CT molecular complexity index is 1370. The Labute approximate surface area is 202 Å². The molecule has 0 bridgehead atoms. The maximum absolute atomic E-state index is 14.7. The van der Waals surface area contributed by atoms with Crippen LogP contribution < -0.4 is 19.9 Å². The van der Waals surface area contributed by atoms with E-state index in [4.69, 9.17) is 19.9 Å². The van der Waals surface area contributed by atoms with Crippen LogP contribution in [0.1, 0.15) is 11.1 Å². The minimum Gasteiger partial charge on any atom is -0.504 e. The molecule has 0 aliphatic carbocycles. The average molecular weight is 476 g/mol. The molecule has 4 aromatic rings. The Morgan fingerprint density at radius 2 is 1.57 bits per heavy atom. The van der Waals surface area contributed by atoms with E-state index in [0.717, 1.165) is 11.1 Å². The van der Waals surface area contributed by atoms with Gasteiger partial charge in [-0.2, -0.15) is 0 Å². The number of hydrogen-bond donors (Lipinski definition) is 3. The van der Waals surface area contributed by atoms with Crippen LogP contribution in [0.15, 0.2) is 66.7 Å². The Balaban J connectivity index is 1.72. The van der Waals surface area contributed by atoms with Gasteiger partial charge in [-0.25, -0.2) is 4.39 Å². The summed E-state index contributed by atoms with van der Waals surface area (Å²) in [5.74, 6) is -0.314. The predicted octanol–water partition coefficient (Wildman–Crippen LogP) is 6.06. The van der Waals surface area contributed by atoms with Crippen LogP contribution in [0.25, 0.3) is 22.3 Å². The first-order valence-electron chi connectivity index (χ1n) is 10.9. The Morgan fingerprint density at radius 3 is 2.20 bits per heavy atom. The lowest BCUT2D eigenvalue weighted by molar-refractivity contribution is 0.289. The summed E-state index contributed by atoms with van der Waals surface area (Å²) in [7, 11) is 2.82. The number of rotatable bonds is 7. The van der Waals surface area contributed by atoms with Crippen molar-refractivity contribution >= 4 is 5.69 Å². The summed E-state index contributed by atoms with van der Waals surface area (Å²) in [6.45, 7) is 2.30. The van der Waals surface area contributed by atoms with Crippen LogP contribution >= 0.6 is 0 Å². The molecule has 0 atom stereocenters. The van der Waals surface area contributed by atoms with Crippen molar-refractivity contribution < 1.29 is 28.8 Å². The fourth-order valence-corrected chi connectivity index (χ4v) is 3.86. The third-order valence-electron chi connectivity index (χ3n) is 5.69. The number of hydrogen-bond acceptors (Lipinski definition) is 6. The maximum Gasteiger partial charge on any atom is 0.170 e. The summed E-state index contributed by atoms with van der Waals surface area (Å²) in [4.78, 5) is 0. The largest absolute Gasteiger partial charge is 0.504 e. The summed E-state index contributed by atoms with van der Waals surface area (Å²) in [6.07, 6.45) is 0. The smallest absolute Gasteiger partial charge is 0.170 e. The molecule has 0 aliphatic heterocycles. The van der Waals surface area contributed by atoms with Gasteiger partial charge in [-0.15, -0.1) is 0 Å². The molecule has 6 nitrogen and oxygen atoms in total. The highest BCUT2D eigenvalue weighted by atomic mass is 19.1. The molecule has 4 N–H and O–H groups in total. The molecule has 7 heteroatoms. The van der Waals surface area contributed by atoms with Gasteiger partial charge in [0.1, 0.15) is 18.2 Å². The zero-order valence-corrected chi connectivity index (χ0v) is 19.6. The molecule has 0 fully saturated rings. The van der Waals surface area contributed by atoms with Gasteiger partial charge in [0.25, 0.3) is 0 Å². The van der Waals surface area contributed by atoms with Crippen molar-refractivity contribution in [2.24, 2.45) is 0 Å². The number of ether oxygens (including phenoxy) is 3. The Hall–Kier alpha value is -4.39. The number of anilines is 1. The summed E-state index contributed by atoms with van der Waals surface area (Å²) in [6, 6.07) is 18.5. The number of phenols is 2. The van der Waals surface area contributed by atoms with Crippen molar-refractivity contribution in [1.82, 2.24) is 0 Å². The molecule has 0 spiro atoms. The van der Waals surface area contributed by atoms with Crippen LogP contribution in [0.4, 0.5) is 10.1 Å². The molecule has 0 saturated heterocycles. The summed E-state index contributed by atoms with van der Waals surface area (Å²) in [5.41, 5.74) is 9.29. The third-order valence-corrected chi connectivity index (χ3v) is 5.69. The highest BCUT2D eigenvalue weighted by Gasteiger charge is 2.24. The number of halogens is 1. The van der Waals surface area contributed by atoms with E-state index in [0.29, 0.717) is 16.9 Å². The number of methoxy groups -OCH3 is 2. The summed E-state index contributed by atoms with van der Waals surface area (Å²) >= 11 is 0. The van der Waals surface area contributed by atoms with Crippen LogP contribution in [-0.4, -0.2) is 24.4 Å². The first-order valence-corrected chi connectivity index (χ1v) is 10.9. The topological polar surface area (TPSA) is 94.2 Å². The van der Waals surface area contributed by atoms with Gasteiger partial charge >= 0.3 is 0 Å². The van der Waals surface area contributed by atoms with Gasteiger partial charge in [0.05, 0.1) is 19.8 Å².